The van der Waals surface area contributed by atoms with Gasteiger partial charge in [-0.15, -0.1) is 11.3 Å². The van der Waals surface area contributed by atoms with Gasteiger partial charge in [0.05, 0.1) is 13.7 Å². The van der Waals surface area contributed by atoms with Crippen LogP contribution >= 0.6 is 11.3 Å². The molecule has 11 heteroatoms. The molecule has 2 N–H and O–H groups in total. The topological polar surface area (TPSA) is 105 Å². The van der Waals surface area contributed by atoms with Crippen LogP contribution in [0.3, 0.4) is 0 Å². The van der Waals surface area contributed by atoms with Gasteiger partial charge in [0, 0.05) is 43.8 Å². The molecule has 0 bridgehead atoms. The predicted molar refractivity (Wildman–Crippen MR) is 135 cm³/mol. The number of hydrogen-bond donors (Lipinski definition) is 2. The summed E-state index contributed by atoms with van der Waals surface area (Å²) in [6.07, 6.45) is 0. The summed E-state index contributed by atoms with van der Waals surface area (Å²) in [4.78, 5) is 33.7. The van der Waals surface area contributed by atoms with E-state index < -0.39 is 0 Å². The fourth-order valence-electron chi connectivity index (χ4n) is 4.01. The fraction of sp³-hybridized carbons (Fsp3) is 0.320. The molecule has 0 spiro atoms. The molecule has 188 valence electrons. The molecule has 3 aromatic rings. The van der Waals surface area contributed by atoms with Crippen molar-refractivity contribution < 1.29 is 23.8 Å². The van der Waals surface area contributed by atoms with Gasteiger partial charge in [0.25, 0.3) is 5.91 Å². The minimum atomic E-state index is -0.0964. The van der Waals surface area contributed by atoms with Crippen LogP contribution < -0.4 is 24.8 Å². The summed E-state index contributed by atoms with van der Waals surface area (Å²) in [7, 11) is 1.62. The summed E-state index contributed by atoms with van der Waals surface area (Å²) in [6, 6.07) is 13.1. The van der Waals surface area contributed by atoms with Crippen molar-refractivity contribution in [3.63, 3.8) is 0 Å². The van der Waals surface area contributed by atoms with Crippen LogP contribution in [0.5, 0.6) is 17.2 Å². The van der Waals surface area contributed by atoms with Crippen molar-refractivity contribution in [1.82, 2.24) is 20.1 Å². The van der Waals surface area contributed by atoms with Gasteiger partial charge in [-0.2, -0.15) is 0 Å². The maximum absolute atomic E-state index is 12.9. The number of hydrogen-bond acceptors (Lipinski definition) is 9. The summed E-state index contributed by atoms with van der Waals surface area (Å²) >= 11 is 1.39. The minimum absolute atomic E-state index is 0.0545. The summed E-state index contributed by atoms with van der Waals surface area (Å²) in [5.41, 5.74) is 2.24. The monoisotopic (exact) mass is 509 g/mol. The number of aromatic nitrogens is 1. The zero-order valence-electron chi connectivity index (χ0n) is 19.9. The SMILES string of the molecule is COc1ccc(Nc2nc(C(=O)N3CCN(CC(=O)NCc4ccc5c(c4)OCO5)CC3)cs2)cc1. The van der Waals surface area contributed by atoms with Gasteiger partial charge in [0.2, 0.25) is 12.7 Å². The number of benzene rings is 2. The maximum atomic E-state index is 12.9. The molecule has 1 saturated heterocycles. The van der Waals surface area contributed by atoms with E-state index in [0.717, 1.165) is 22.7 Å². The lowest BCUT2D eigenvalue weighted by atomic mass is 10.2. The van der Waals surface area contributed by atoms with E-state index in [1.165, 1.54) is 11.3 Å². The van der Waals surface area contributed by atoms with Crippen LogP contribution in [0.4, 0.5) is 10.8 Å². The van der Waals surface area contributed by atoms with Crippen LogP contribution in [0.15, 0.2) is 47.8 Å². The van der Waals surface area contributed by atoms with Crippen molar-refractivity contribution in [2.24, 2.45) is 0 Å². The number of fused-ring (bicyclic) bond motifs is 1. The normalized spacial score (nSPS) is 15.0. The van der Waals surface area contributed by atoms with Gasteiger partial charge >= 0.3 is 0 Å². The van der Waals surface area contributed by atoms with Gasteiger partial charge in [-0.05, 0) is 42.0 Å². The quantitative estimate of drug-likeness (QED) is 0.478. The van der Waals surface area contributed by atoms with Crippen molar-refractivity contribution >= 4 is 34.0 Å². The standard InChI is InChI=1S/C25H27N5O5S/c1-33-19-5-3-18(4-6-19)27-25-28-20(15-36-25)24(32)30-10-8-29(9-11-30)14-23(31)26-13-17-2-7-21-22(12-17)35-16-34-21/h2-7,12,15H,8-11,13-14,16H2,1H3,(H,26,31)(H,27,28). The zero-order valence-corrected chi connectivity index (χ0v) is 20.7. The summed E-state index contributed by atoms with van der Waals surface area (Å²) in [5, 5.41) is 8.58. The first kappa shape index (κ1) is 23.9. The maximum Gasteiger partial charge on any atom is 0.273 e. The molecule has 3 heterocycles. The Morgan fingerprint density at radius 3 is 2.61 bits per heavy atom. The highest BCUT2D eigenvalue weighted by Gasteiger charge is 2.25. The number of thiazole rings is 1. The number of piperazine rings is 1. The number of nitrogens with zero attached hydrogens (tertiary/aromatic N) is 3. The number of rotatable bonds is 8. The average molecular weight is 510 g/mol. The highest BCUT2D eigenvalue weighted by molar-refractivity contribution is 7.14. The van der Waals surface area contributed by atoms with Gasteiger partial charge in [-0.1, -0.05) is 6.07 Å². The Hall–Kier alpha value is -3.83. The molecule has 0 aliphatic carbocycles. The van der Waals surface area contributed by atoms with Gasteiger partial charge in [0.15, 0.2) is 16.6 Å². The van der Waals surface area contributed by atoms with Crippen LogP contribution in [-0.4, -0.2) is 73.2 Å². The molecule has 2 amide bonds. The van der Waals surface area contributed by atoms with Gasteiger partial charge < -0.3 is 29.7 Å². The molecular weight excluding hydrogens is 482 g/mol. The largest absolute Gasteiger partial charge is 0.497 e. The molecule has 5 rings (SSSR count). The van der Waals surface area contributed by atoms with E-state index in [9.17, 15) is 9.59 Å². The van der Waals surface area contributed by atoms with Crippen molar-refractivity contribution in [3.05, 3.63) is 59.1 Å². The zero-order chi connectivity index (χ0) is 24.9. The number of methoxy groups -OCH3 is 1. The number of nitrogens with one attached hydrogen (secondary N) is 2. The first-order valence-corrected chi connectivity index (χ1v) is 12.5. The Morgan fingerprint density at radius 1 is 1.06 bits per heavy atom. The molecule has 0 saturated carbocycles. The van der Waals surface area contributed by atoms with E-state index in [1.807, 2.05) is 42.5 Å². The number of carbonyl (C=O) groups is 2. The lowest BCUT2D eigenvalue weighted by Gasteiger charge is -2.33. The van der Waals surface area contributed by atoms with Crippen molar-refractivity contribution in [2.45, 2.75) is 6.54 Å². The number of amides is 2. The third-order valence-corrected chi connectivity index (χ3v) is 6.78. The van der Waals surface area contributed by atoms with Crippen LogP contribution in [0, 0.1) is 0 Å². The molecule has 10 nitrogen and oxygen atoms in total. The second-order valence-corrected chi connectivity index (χ2v) is 9.28. The third-order valence-electron chi connectivity index (χ3n) is 6.02. The van der Waals surface area contributed by atoms with E-state index >= 15 is 0 Å². The molecule has 0 atom stereocenters. The second kappa shape index (κ2) is 10.8. The van der Waals surface area contributed by atoms with Crippen molar-refractivity contribution in [3.8, 4) is 17.2 Å². The number of ether oxygens (including phenoxy) is 3. The Kier molecular flexibility index (Phi) is 7.19. The lowest BCUT2D eigenvalue weighted by Crippen LogP contribution is -2.51. The van der Waals surface area contributed by atoms with Gasteiger partial charge in [-0.25, -0.2) is 4.98 Å². The summed E-state index contributed by atoms with van der Waals surface area (Å²) < 4.78 is 15.9. The molecule has 1 aromatic heterocycles. The van der Waals surface area contributed by atoms with E-state index in [4.69, 9.17) is 14.2 Å². The molecule has 2 aliphatic heterocycles. The Bertz CT molecular complexity index is 1220. The smallest absolute Gasteiger partial charge is 0.273 e. The van der Waals surface area contributed by atoms with Gasteiger partial charge in [-0.3, -0.25) is 14.5 Å². The van der Waals surface area contributed by atoms with E-state index in [0.29, 0.717) is 55.8 Å². The molecule has 36 heavy (non-hydrogen) atoms. The highest BCUT2D eigenvalue weighted by Crippen LogP contribution is 2.32. The Labute approximate surface area is 212 Å². The van der Waals surface area contributed by atoms with Crippen LogP contribution in [0.2, 0.25) is 0 Å². The van der Waals surface area contributed by atoms with E-state index in [-0.39, 0.29) is 18.6 Å². The van der Waals surface area contributed by atoms with Crippen LogP contribution in [0.1, 0.15) is 16.1 Å². The van der Waals surface area contributed by atoms with Crippen molar-refractivity contribution in [1.29, 1.82) is 0 Å². The van der Waals surface area contributed by atoms with Crippen LogP contribution in [-0.2, 0) is 11.3 Å². The van der Waals surface area contributed by atoms with Gasteiger partial charge in [0.1, 0.15) is 11.4 Å². The average Bonchev–Trinajstić information content (AvgIpc) is 3.57. The molecule has 2 aliphatic rings. The first-order chi connectivity index (χ1) is 17.6. The molecule has 1 fully saturated rings. The fourth-order valence-corrected chi connectivity index (χ4v) is 4.71. The van der Waals surface area contributed by atoms with Crippen molar-refractivity contribution in [2.75, 3.05) is 51.9 Å². The lowest BCUT2D eigenvalue weighted by molar-refractivity contribution is -0.122. The third kappa shape index (κ3) is 5.69. The number of carbonyl (C=O) groups excluding carboxylic acids is 2. The first-order valence-electron chi connectivity index (χ1n) is 11.6. The minimum Gasteiger partial charge on any atom is -0.497 e. The number of anilines is 2. The predicted octanol–water partition coefficient (Wildman–Crippen LogP) is 2.70. The Morgan fingerprint density at radius 2 is 1.83 bits per heavy atom. The van der Waals surface area contributed by atoms with E-state index in [2.05, 4.69) is 20.5 Å². The summed E-state index contributed by atoms with van der Waals surface area (Å²) in [6.45, 7) is 3.29. The molecular formula is C25H27N5O5S. The Balaban J connectivity index is 1.06. The molecule has 2 aromatic carbocycles. The summed E-state index contributed by atoms with van der Waals surface area (Å²) in [5.74, 6) is 2.05. The van der Waals surface area contributed by atoms with Crippen LogP contribution in [0.25, 0.3) is 0 Å². The molecule has 0 unspecified atom stereocenters. The molecule has 0 radical (unpaired) electrons. The highest BCUT2D eigenvalue weighted by atomic mass is 32.1. The second-order valence-electron chi connectivity index (χ2n) is 8.42. The van der Waals surface area contributed by atoms with E-state index in [1.54, 1.807) is 17.4 Å².